The monoisotopic (exact) mass is 310 g/mol. The minimum Gasteiger partial charge on any atom is -0.494 e. The van der Waals surface area contributed by atoms with Gasteiger partial charge in [0.15, 0.2) is 0 Å². The molecule has 4 heteroatoms. The normalized spacial score (nSPS) is 20.3. The molecule has 2 atom stereocenters. The number of hydrogen-bond donors (Lipinski definition) is 1. The Morgan fingerprint density at radius 3 is 2.26 bits per heavy atom. The second-order valence-electron chi connectivity index (χ2n) is 5.70. The first-order chi connectivity index (χ1) is 11.2. The van der Waals surface area contributed by atoms with Crippen molar-refractivity contribution in [2.45, 2.75) is 32.4 Å². The minimum atomic E-state index is -0.478. The van der Waals surface area contributed by atoms with Crippen LogP contribution in [0.3, 0.4) is 0 Å². The number of nitrogens with zero attached hydrogens (tertiary/aromatic N) is 1. The second-order valence-corrected chi connectivity index (χ2v) is 5.70. The molecule has 0 saturated carbocycles. The SMILES string of the molecule is CCOc1ccc(N2C(=O)[C@H](N)[C@@H]2c2ccc(CC)cc2)cc1. The van der Waals surface area contributed by atoms with Crippen LogP contribution in [-0.4, -0.2) is 18.6 Å². The fourth-order valence-electron chi connectivity index (χ4n) is 2.98. The molecule has 0 bridgehead atoms. The van der Waals surface area contributed by atoms with Crippen molar-refractivity contribution in [1.82, 2.24) is 0 Å². The fourth-order valence-corrected chi connectivity index (χ4v) is 2.98. The molecule has 23 heavy (non-hydrogen) atoms. The number of ether oxygens (including phenoxy) is 1. The molecule has 1 amide bonds. The molecule has 0 unspecified atom stereocenters. The largest absolute Gasteiger partial charge is 0.494 e. The van der Waals surface area contributed by atoms with E-state index in [9.17, 15) is 4.79 Å². The summed E-state index contributed by atoms with van der Waals surface area (Å²) < 4.78 is 5.45. The van der Waals surface area contributed by atoms with Gasteiger partial charge in [-0.05, 0) is 48.7 Å². The number of nitrogens with two attached hydrogens (primary N) is 1. The van der Waals surface area contributed by atoms with E-state index in [0.29, 0.717) is 6.61 Å². The van der Waals surface area contributed by atoms with Crippen molar-refractivity contribution in [2.24, 2.45) is 5.73 Å². The van der Waals surface area contributed by atoms with Crippen molar-refractivity contribution >= 4 is 11.6 Å². The molecule has 0 aromatic heterocycles. The van der Waals surface area contributed by atoms with Crippen molar-refractivity contribution in [3.8, 4) is 5.75 Å². The van der Waals surface area contributed by atoms with Gasteiger partial charge in [-0.3, -0.25) is 4.79 Å². The van der Waals surface area contributed by atoms with Crippen LogP contribution in [0.15, 0.2) is 48.5 Å². The number of anilines is 1. The van der Waals surface area contributed by atoms with Crippen molar-refractivity contribution in [3.05, 3.63) is 59.7 Å². The lowest BCUT2D eigenvalue weighted by Crippen LogP contribution is -2.63. The van der Waals surface area contributed by atoms with Crippen LogP contribution in [0.5, 0.6) is 5.75 Å². The number of β-lactam (4-membered cyclic amide) rings is 1. The van der Waals surface area contributed by atoms with Gasteiger partial charge in [0.25, 0.3) is 0 Å². The highest BCUT2D eigenvalue weighted by atomic mass is 16.5. The molecule has 2 N–H and O–H groups in total. The number of amides is 1. The predicted molar refractivity (Wildman–Crippen MR) is 91.6 cm³/mol. The van der Waals surface area contributed by atoms with Crippen LogP contribution in [0, 0.1) is 0 Å². The van der Waals surface area contributed by atoms with Gasteiger partial charge in [-0.1, -0.05) is 31.2 Å². The number of aryl methyl sites for hydroxylation is 1. The summed E-state index contributed by atoms with van der Waals surface area (Å²) in [6, 6.07) is 15.3. The Balaban J connectivity index is 1.85. The smallest absolute Gasteiger partial charge is 0.247 e. The van der Waals surface area contributed by atoms with E-state index in [0.717, 1.165) is 23.4 Å². The average Bonchev–Trinajstić information content (AvgIpc) is 2.60. The zero-order chi connectivity index (χ0) is 16.4. The predicted octanol–water partition coefficient (Wildman–Crippen LogP) is 3.06. The van der Waals surface area contributed by atoms with Crippen LogP contribution >= 0.6 is 0 Å². The van der Waals surface area contributed by atoms with Crippen LogP contribution < -0.4 is 15.4 Å². The van der Waals surface area contributed by atoms with Crippen molar-refractivity contribution in [3.63, 3.8) is 0 Å². The van der Waals surface area contributed by atoms with Crippen molar-refractivity contribution in [1.29, 1.82) is 0 Å². The molecule has 2 aromatic carbocycles. The highest BCUT2D eigenvalue weighted by Crippen LogP contribution is 2.38. The standard InChI is InChI=1S/C19H22N2O2/c1-3-13-5-7-14(8-6-13)18-17(20)19(22)21(18)15-9-11-16(12-10-15)23-4-2/h5-12,17-18H,3-4,20H2,1-2H3/t17-,18+/m1/s1. The zero-order valence-corrected chi connectivity index (χ0v) is 13.5. The molecule has 1 fully saturated rings. The van der Waals surface area contributed by atoms with E-state index < -0.39 is 6.04 Å². The summed E-state index contributed by atoms with van der Waals surface area (Å²) in [6.45, 7) is 4.70. The molecule has 4 nitrogen and oxygen atoms in total. The first-order valence-electron chi connectivity index (χ1n) is 8.06. The Morgan fingerprint density at radius 2 is 1.70 bits per heavy atom. The van der Waals surface area contributed by atoms with Gasteiger partial charge >= 0.3 is 0 Å². The van der Waals surface area contributed by atoms with E-state index in [1.165, 1.54) is 5.56 Å². The number of carbonyl (C=O) groups excluding carboxylic acids is 1. The molecular weight excluding hydrogens is 288 g/mol. The van der Waals surface area contributed by atoms with Gasteiger partial charge in [-0.25, -0.2) is 0 Å². The molecule has 1 saturated heterocycles. The van der Waals surface area contributed by atoms with E-state index in [-0.39, 0.29) is 11.9 Å². The first kappa shape index (κ1) is 15.6. The summed E-state index contributed by atoms with van der Waals surface area (Å²) in [7, 11) is 0. The van der Waals surface area contributed by atoms with Gasteiger partial charge in [-0.15, -0.1) is 0 Å². The Morgan fingerprint density at radius 1 is 1.04 bits per heavy atom. The third-order valence-electron chi connectivity index (χ3n) is 4.30. The third kappa shape index (κ3) is 2.82. The van der Waals surface area contributed by atoms with Gasteiger partial charge < -0.3 is 15.4 Å². The lowest BCUT2D eigenvalue weighted by atomic mass is 9.88. The molecule has 120 valence electrons. The maximum Gasteiger partial charge on any atom is 0.247 e. The van der Waals surface area contributed by atoms with Crippen LogP contribution in [0.1, 0.15) is 31.0 Å². The van der Waals surface area contributed by atoms with Crippen LogP contribution in [-0.2, 0) is 11.2 Å². The molecule has 2 aromatic rings. The van der Waals surface area contributed by atoms with Gasteiger partial charge in [0.2, 0.25) is 5.91 Å². The lowest BCUT2D eigenvalue weighted by Gasteiger charge is -2.45. The number of benzene rings is 2. The second kappa shape index (κ2) is 6.42. The maximum atomic E-state index is 12.2. The highest BCUT2D eigenvalue weighted by molar-refractivity contribution is 6.05. The quantitative estimate of drug-likeness (QED) is 0.864. The summed E-state index contributed by atoms with van der Waals surface area (Å²) in [6.07, 6.45) is 0.999. The molecular formula is C19H22N2O2. The first-order valence-corrected chi connectivity index (χ1v) is 8.06. The van der Waals surface area contributed by atoms with E-state index in [1.54, 1.807) is 4.90 Å². The summed E-state index contributed by atoms with van der Waals surface area (Å²) in [5.41, 5.74) is 9.26. The summed E-state index contributed by atoms with van der Waals surface area (Å²) in [5, 5.41) is 0. The van der Waals surface area contributed by atoms with Crippen LogP contribution in [0.25, 0.3) is 0 Å². The van der Waals surface area contributed by atoms with Gasteiger partial charge in [-0.2, -0.15) is 0 Å². The Labute approximate surface area is 136 Å². The van der Waals surface area contributed by atoms with E-state index in [1.807, 2.05) is 31.2 Å². The zero-order valence-electron chi connectivity index (χ0n) is 13.5. The molecule has 0 radical (unpaired) electrons. The topological polar surface area (TPSA) is 55.6 Å². The Hall–Kier alpha value is -2.33. The average molecular weight is 310 g/mol. The number of carbonyl (C=O) groups is 1. The number of rotatable bonds is 5. The van der Waals surface area contributed by atoms with Gasteiger partial charge in [0, 0.05) is 5.69 Å². The number of hydrogen-bond acceptors (Lipinski definition) is 3. The maximum absolute atomic E-state index is 12.2. The molecule has 1 aliphatic rings. The molecule has 1 heterocycles. The molecule has 0 spiro atoms. The fraction of sp³-hybridized carbons (Fsp3) is 0.316. The summed E-state index contributed by atoms with van der Waals surface area (Å²) >= 11 is 0. The molecule has 1 aliphatic heterocycles. The summed E-state index contributed by atoms with van der Waals surface area (Å²) in [4.78, 5) is 14.0. The van der Waals surface area contributed by atoms with E-state index >= 15 is 0 Å². The minimum absolute atomic E-state index is 0.0428. The Kier molecular flexibility index (Phi) is 4.35. The molecule has 3 rings (SSSR count). The molecule has 0 aliphatic carbocycles. The van der Waals surface area contributed by atoms with Gasteiger partial charge in [0.05, 0.1) is 12.6 Å². The van der Waals surface area contributed by atoms with Crippen LogP contribution in [0.4, 0.5) is 5.69 Å². The van der Waals surface area contributed by atoms with E-state index in [2.05, 4.69) is 31.2 Å². The summed E-state index contributed by atoms with van der Waals surface area (Å²) in [5.74, 6) is 0.760. The highest BCUT2D eigenvalue weighted by Gasteiger charge is 2.46. The van der Waals surface area contributed by atoms with Crippen molar-refractivity contribution in [2.75, 3.05) is 11.5 Å². The third-order valence-corrected chi connectivity index (χ3v) is 4.30. The van der Waals surface area contributed by atoms with Crippen molar-refractivity contribution < 1.29 is 9.53 Å². The lowest BCUT2D eigenvalue weighted by molar-refractivity contribution is -0.126. The van der Waals surface area contributed by atoms with Crippen LogP contribution in [0.2, 0.25) is 0 Å². The Bertz CT molecular complexity index is 680. The van der Waals surface area contributed by atoms with E-state index in [4.69, 9.17) is 10.5 Å². The van der Waals surface area contributed by atoms with Gasteiger partial charge in [0.1, 0.15) is 11.8 Å².